The van der Waals surface area contributed by atoms with Gasteiger partial charge in [-0.05, 0) is 43.5 Å². The number of nitrogens with one attached hydrogen (secondary N) is 2. The molecule has 0 aromatic heterocycles. The molecule has 3 N–H and O–H groups in total. The van der Waals surface area contributed by atoms with Gasteiger partial charge in [-0.25, -0.2) is 17.5 Å². The Balaban J connectivity index is 1.51. The molecule has 9 heteroatoms. The third-order valence-electron chi connectivity index (χ3n) is 5.03. The molecule has 3 atom stereocenters. The van der Waals surface area contributed by atoms with Gasteiger partial charge in [-0.15, -0.1) is 0 Å². The molecule has 2 aromatic rings. The molecule has 0 aliphatic carbocycles. The van der Waals surface area contributed by atoms with Gasteiger partial charge in [0.1, 0.15) is 5.82 Å². The van der Waals surface area contributed by atoms with Gasteiger partial charge in [0.25, 0.3) is 5.91 Å². The first kappa shape index (κ1) is 22.4. The van der Waals surface area contributed by atoms with E-state index in [-0.39, 0.29) is 29.7 Å². The lowest BCUT2D eigenvalue weighted by molar-refractivity contribution is -0.0871. The lowest BCUT2D eigenvalue weighted by atomic mass is 9.98. The van der Waals surface area contributed by atoms with E-state index < -0.39 is 33.9 Å². The summed E-state index contributed by atoms with van der Waals surface area (Å²) < 4.78 is 47.2. The van der Waals surface area contributed by atoms with Crippen LogP contribution in [-0.2, 0) is 14.8 Å². The number of rotatable bonds is 8. The van der Waals surface area contributed by atoms with Crippen molar-refractivity contribution in [2.24, 2.45) is 0 Å². The van der Waals surface area contributed by atoms with Gasteiger partial charge in [0.2, 0.25) is 10.0 Å². The number of ether oxygens (including phenoxy) is 1. The summed E-state index contributed by atoms with van der Waals surface area (Å²) in [6, 6.07) is 13.2. The summed E-state index contributed by atoms with van der Waals surface area (Å²) >= 11 is 0. The Bertz CT molecular complexity index is 955. The summed E-state index contributed by atoms with van der Waals surface area (Å²) in [5.74, 6) is -1.09. The molecule has 0 bridgehead atoms. The Morgan fingerprint density at radius 1 is 1.10 bits per heavy atom. The summed E-state index contributed by atoms with van der Waals surface area (Å²) in [5, 5.41) is 12.3. The monoisotopic (exact) mass is 436 g/mol. The first-order valence-electron chi connectivity index (χ1n) is 9.77. The maximum Gasteiger partial charge on any atom is 0.254 e. The predicted molar refractivity (Wildman–Crippen MR) is 109 cm³/mol. The second-order valence-electron chi connectivity index (χ2n) is 7.12. The van der Waals surface area contributed by atoms with Crippen molar-refractivity contribution in [3.63, 3.8) is 0 Å². The number of halogens is 1. The van der Waals surface area contributed by atoms with E-state index in [4.69, 9.17) is 4.74 Å². The molecule has 1 aliphatic rings. The molecule has 0 spiro atoms. The third kappa shape index (κ3) is 5.63. The highest BCUT2D eigenvalue weighted by Gasteiger charge is 2.33. The number of hydrogen-bond acceptors (Lipinski definition) is 5. The highest BCUT2D eigenvalue weighted by Crippen LogP contribution is 2.23. The van der Waals surface area contributed by atoms with E-state index in [0.717, 1.165) is 0 Å². The molecule has 3 rings (SSSR count). The molecule has 7 nitrogen and oxygen atoms in total. The number of benzene rings is 2. The number of carbonyl (C=O) groups is 1. The Morgan fingerprint density at radius 2 is 1.80 bits per heavy atom. The van der Waals surface area contributed by atoms with E-state index in [0.29, 0.717) is 19.3 Å². The molecule has 1 saturated heterocycles. The van der Waals surface area contributed by atoms with Crippen LogP contribution in [0.5, 0.6) is 0 Å². The van der Waals surface area contributed by atoms with Crippen LogP contribution < -0.4 is 10.0 Å². The van der Waals surface area contributed by atoms with Crippen LogP contribution in [0.1, 0.15) is 29.6 Å². The van der Waals surface area contributed by atoms with Gasteiger partial charge >= 0.3 is 0 Å². The van der Waals surface area contributed by atoms with Crippen LogP contribution in [0.2, 0.25) is 0 Å². The molecule has 0 unspecified atom stereocenters. The van der Waals surface area contributed by atoms with Crippen molar-refractivity contribution >= 4 is 15.9 Å². The maximum atomic E-state index is 13.7. The molecule has 1 fully saturated rings. The minimum Gasteiger partial charge on any atom is -0.394 e. The van der Waals surface area contributed by atoms with Gasteiger partial charge in [0, 0.05) is 6.54 Å². The van der Waals surface area contributed by atoms with Crippen molar-refractivity contribution in [3.05, 3.63) is 66.0 Å². The van der Waals surface area contributed by atoms with Crippen LogP contribution >= 0.6 is 0 Å². The zero-order chi connectivity index (χ0) is 21.6. The fourth-order valence-electron chi connectivity index (χ4n) is 3.43. The number of amides is 1. The van der Waals surface area contributed by atoms with Crippen LogP contribution in [0, 0.1) is 5.82 Å². The van der Waals surface area contributed by atoms with Gasteiger partial charge in [0.15, 0.2) is 0 Å². The third-order valence-corrected chi connectivity index (χ3v) is 6.53. The molecule has 0 saturated carbocycles. The van der Waals surface area contributed by atoms with Crippen molar-refractivity contribution in [2.45, 2.75) is 42.4 Å². The second-order valence-corrected chi connectivity index (χ2v) is 8.84. The highest BCUT2D eigenvalue weighted by molar-refractivity contribution is 7.89. The van der Waals surface area contributed by atoms with Crippen molar-refractivity contribution in [1.29, 1.82) is 0 Å². The van der Waals surface area contributed by atoms with Crippen molar-refractivity contribution < 1.29 is 27.4 Å². The Morgan fingerprint density at radius 3 is 2.50 bits per heavy atom. The van der Waals surface area contributed by atoms with E-state index in [1.54, 1.807) is 24.3 Å². The minimum absolute atomic E-state index is 0.0225. The average molecular weight is 437 g/mol. The number of carbonyl (C=O) groups excluding carboxylic acids is 1. The summed E-state index contributed by atoms with van der Waals surface area (Å²) in [5.41, 5.74) is -0.0225. The maximum absolute atomic E-state index is 13.7. The van der Waals surface area contributed by atoms with E-state index in [2.05, 4.69) is 10.0 Å². The molecule has 162 valence electrons. The molecule has 0 radical (unpaired) electrons. The van der Waals surface area contributed by atoms with Crippen LogP contribution in [0.3, 0.4) is 0 Å². The fraction of sp³-hybridized carbons (Fsp3) is 0.381. The standard InChI is InChI=1S/C21H25FN2O5S/c22-18-9-5-4-8-17(18)21(26)23-13-12-15-10-11-19(20(14-25)29-15)24-30(27,28)16-6-2-1-3-7-16/h1-9,15,19-20,24-25H,10-14H2,(H,23,26)/t15-,19+,20-/m0/s1. The topological polar surface area (TPSA) is 105 Å². The molecule has 1 heterocycles. The van der Waals surface area contributed by atoms with Crippen molar-refractivity contribution in [1.82, 2.24) is 10.0 Å². The number of sulfonamides is 1. The Hall–Kier alpha value is -2.33. The van der Waals surface area contributed by atoms with Gasteiger partial charge in [-0.3, -0.25) is 4.79 Å². The molecular weight excluding hydrogens is 411 g/mol. The summed E-state index contributed by atoms with van der Waals surface area (Å²) in [6.45, 7) is -0.0591. The largest absolute Gasteiger partial charge is 0.394 e. The SMILES string of the molecule is O=C(NCC[C@@H]1CC[C@@H](NS(=O)(=O)c2ccccc2)[C@H](CO)O1)c1ccccc1F. The summed E-state index contributed by atoms with van der Waals surface area (Å²) in [6.07, 6.45) is 0.580. The molecule has 1 aliphatic heterocycles. The summed E-state index contributed by atoms with van der Waals surface area (Å²) in [7, 11) is -3.72. The first-order valence-corrected chi connectivity index (χ1v) is 11.3. The van der Waals surface area contributed by atoms with Gasteiger partial charge in [0.05, 0.1) is 35.3 Å². The average Bonchev–Trinajstić information content (AvgIpc) is 2.75. The molecular formula is C21H25FN2O5S. The fourth-order valence-corrected chi connectivity index (χ4v) is 4.75. The van der Waals surface area contributed by atoms with E-state index in [1.807, 2.05) is 0 Å². The Labute approximate surface area is 175 Å². The van der Waals surface area contributed by atoms with Gasteiger partial charge < -0.3 is 15.2 Å². The zero-order valence-corrected chi connectivity index (χ0v) is 17.1. The highest BCUT2D eigenvalue weighted by atomic mass is 32.2. The quantitative estimate of drug-likeness (QED) is 0.586. The first-order chi connectivity index (χ1) is 14.4. The van der Waals surface area contributed by atoms with Gasteiger partial charge in [-0.1, -0.05) is 30.3 Å². The van der Waals surface area contributed by atoms with E-state index >= 15 is 0 Å². The molecule has 2 aromatic carbocycles. The number of aliphatic hydroxyl groups excluding tert-OH is 1. The van der Waals surface area contributed by atoms with Crippen molar-refractivity contribution in [2.75, 3.05) is 13.2 Å². The molecule has 30 heavy (non-hydrogen) atoms. The summed E-state index contributed by atoms with van der Waals surface area (Å²) in [4.78, 5) is 12.2. The van der Waals surface area contributed by atoms with Crippen LogP contribution in [0.25, 0.3) is 0 Å². The van der Waals surface area contributed by atoms with Crippen LogP contribution in [-0.4, -0.2) is 50.8 Å². The zero-order valence-electron chi connectivity index (χ0n) is 16.3. The number of hydrogen-bond donors (Lipinski definition) is 3. The van der Waals surface area contributed by atoms with E-state index in [1.165, 1.54) is 30.3 Å². The lowest BCUT2D eigenvalue weighted by Gasteiger charge is -2.36. The Kier molecular flexibility index (Phi) is 7.54. The van der Waals surface area contributed by atoms with Crippen LogP contribution in [0.4, 0.5) is 4.39 Å². The van der Waals surface area contributed by atoms with Gasteiger partial charge in [-0.2, -0.15) is 0 Å². The van der Waals surface area contributed by atoms with Crippen molar-refractivity contribution in [3.8, 4) is 0 Å². The minimum atomic E-state index is -3.72. The van der Waals surface area contributed by atoms with Crippen LogP contribution in [0.15, 0.2) is 59.5 Å². The number of aliphatic hydroxyl groups is 1. The second kappa shape index (κ2) is 10.1. The van der Waals surface area contributed by atoms with E-state index in [9.17, 15) is 22.7 Å². The normalized spacial score (nSPS) is 21.9. The smallest absolute Gasteiger partial charge is 0.254 e. The molecule has 1 amide bonds. The predicted octanol–water partition coefficient (Wildman–Crippen LogP) is 1.83. The lowest BCUT2D eigenvalue weighted by Crippen LogP contribution is -2.51.